The zero-order valence-electron chi connectivity index (χ0n) is 16.5. The van der Waals surface area contributed by atoms with Gasteiger partial charge in [0.15, 0.2) is 17.7 Å². The minimum atomic E-state index is -4.50. The third-order valence-corrected chi connectivity index (χ3v) is 4.53. The van der Waals surface area contributed by atoms with Crippen LogP contribution in [0.25, 0.3) is 11.3 Å². The molecule has 0 spiro atoms. The number of rotatable bonds is 7. The monoisotopic (exact) mass is 454 g/mol. The summed E-state index contributed by atoms with van der Waals surface area (Å²) in [7, 11) is 0.304. The minimum Gasteiger partial charge on any atom is -0.475 e. The van der Waals surface area contributed by atoms with Crippen LogP contribution in [0.5, 0.6) is 5.75 Å². The highest BCUT2D eigenvalue weighted by atomic mass is 19.4. The quantitative estimate of drug-likeness (QED) is 0.423. The van der Waals surface area contributed by atoms with Crippen LogP contribution in [0.2, 0.25) is 6.82 Å². The van der Waals surface area contributed by atoms with Gasteiger partial charge in [0.25, 0.3) is 5.91 Å². The summed E-state index contributed by atoms with van der Waals surface area (Å²) in [4.78, 5) is 15.5. The van der Waals surface area contributed by atoms with Gasteiger partial charge >= 0.3 is 6.18 Å². The molecule has 1 unspecified atom stereocenters. The van der Waals surface area contributed by atoms with Crippen LogP contribution in [0, 0.1) is 11.6 Å². The number of carbonyl (C=O) groups is 1. The fourth-order valence-electron chi connectivity index (χ4n) is 2.96. The maximum Gasteiger partial charge on any atom is 0.416 e. The van der Waals surface area contributed by atoms with E-state index in [1.54, 1.807) is 6.82 Å². The molecule has 0 aliphatic rings. The summed E-state index contributed by atoms with van der Waals surface area (Å²) in [6.45, 7) is 0.976. The van der Waals surface area contributed by atoms with E-state index in [1.807, 2.05) is 0 Å². The number of ether oxygens (including phenoxy) is 1. The Morgan fingerprint density at radius 3 is 2.41 bits per heavy atom. The average molecular weight is 454 g/mol. The number of halogens is 5. The molecule has 1 atom stereocenters. The molecule has 1 heterocycles. The number of benzene rings is 2. The second-order valence-corrected chi connectivity index (χ2v) is 6.64. The van der Waals surface area contributed by atoms with E-state index in [-0.39, 0.29) is 11.6 Å². The lowest BCUT2D eigenvalue weighted by molar-refractivity contribution is -0.137. The average Bonchev–Trinajstić information content (AvgIpc) is 3.17. The Labute approximate surface area is 179 Å². The highest BCUT2D eigenvalue weighted by Crippen LogP contribution is 2.32. The molecule has 0 saturated carbocycles. The molecule has 3 aromatic rings. The van der Waals surface area contributed by atoms with E-state index >= 15 is 0 Å². The van der Waals surface area contributed by atoms with Crippen molar-refractivity contribution in [3.63, 3.8) is 0 Å². The fraction of sp³-hybridized carbons (Fsp3) is 0.200. The Morgan fingerprint density at radius 1 is 1.22 bits per heavy atom. The molecule has 0 bridgehead atoms. The number of hydrogen-bond acceptors (Lipinski definition) is 5. The molecule has 0 aliphatic heterocycles. The summed E-state index contributed by atoms with van der Waals surface area (Å²) in [5, 5.41) is 9.70. The smallest absolute Gasteiger partial charge is 0.416 e. The first-order valence-corrected chi connectivity index (χ1v) is 9.29. The molecule has 12 heteroatoms. The van der Waals surface area contributed by atoms with Crippen LogP contribution in [0.4, 0.5) is 22.0 Å². The van der Waals surface area contributed by atoms with Crippen molar-refractivity contribution in [3.8, 4) is 17.0 Å². The molecule has 6 nitrogen and oxygen atoms in total. The van der Waals surface area contributed by atoms with Crippen molar-refractivity contribution in [2.45, 2.75) is 19.1 Å². The first-order valence-electron chi connectivity index (χ1n) is 9.29. The lowest BCUT2D eigenvalue weighted by Gasteiger charge is -2.15. The second kappa shape index (κ2) is 8.99. The molecule has 1 amide bonds. The molecular weight excluding hydrogens is 438 g/mol. The molecule has 3 rings (SSSR count). The van der Waals surface area contributed by atoms with E-state index in [0.29, 0.717) is 18.5 Å². The molecule has 3 N–H and O–H groups in total. The van der Waals surface area contributed by atoms with Crippen molar-refractivity contribution in [3.05, 3.63) is 65.1 Å². The van der Waals surface area contributed by atoms with Gasteiger partial charge in [0, 0.05) is 5.56 Å². The zero-order chi connectivity index (χ0) is 23.6. The zero-order valence-corrected chi connectivity index (χ0v) is 16.5. The molecule has 0 fully saturated rings. The number of hydrogen-bond donors (Lipinski definition) is 2. The van der Waals surface area contributed by atoms with Crippen LogP contribution >= 0.6 is 0 Å². The third kappa shape index (κ3) is 4.59. The standard InChI is InChI=1S/C20H16BF5N2O4/c1-21-17-16(9-2-4-10(5-3-9)20(24,25)26)28-19(32-17)13(8-29)31-12-7-6-11(22)14(15(12)23)18(27)30/h2-7,13,21,29H,8H2,1H3,(H2,27,30). The number of nitrogens with two attached hydrogens (primary N) is 1. The first-order chi connectivity index (χ1) is 15.1. The Hall–Kier alpha value is -3.41. The predicted octanol–water partition coefficient (Wildman–Crippen LogP) is 2.96. The molecule has 0 aliphatic carbocycles. The van der Waals surface area contributed by atoms with Gasteiger partial charge in [-0.15, -0.1) is 0 Å². The topological polar surface area (TPSA) is 98.6 Å². The summed E-state index contributed by atoms with van der Waals surface area (Å²) in [5.41, 5.74) is 3.97. The molecule has 1 aromatic heterocycles. The number of primary amides is 1. The van der Waals surface area contributed by atoms with E-state index in [9.17, 15) is 31.9 Å². The Balaban J connectivity index is 1.95. The van der Waals surface area contributed by atoms with Crippen LogP contribution in [0.15, 0.2) is 40.8 Å². The van der Waals surface area contributed by atoms with Gasteiger partial charge in [0.2, 0.25) is 13.2 Å². The summed E-state index contributed by atoms with van der Waals surface area (Å²) < 4.78 is 77.4. The van der Waals surface area contributed by atoms with Crippen molar-refractivity contribution in [2.24, 2.45) is 5.73 Å². The number of aliphatic hydroxyl groups excluding tert-OH is 1. The van der Waals surface area contributed by atoms with Crippen molar-refractivity contribution in [1.82, 2.24) is 4.98 Å². The first kappa shape index (κ1) is 23.3. The van der Waals surface area contributed by atoms with Crippen LogP contribution < -0.4 is 16.1 Å². The van der Waals surface area contributed by atoms with Crippen molar-refractivity contribution in [1.29, 1.82) is 0 Å². The normalized spacial score (nSPS) is 12.5. The number of amides is 1. The maximum absolute atomic E-state index is 14.5. The van der Waals surface area contributed by atoms with E-state index in [2.05, 4.69) is 4.98 Å². The SMILES string of the molecule is CBc1oc(C(CO)Oc2ccc(F)c(C(N)=O)c2F)nc1-c1ccc(C(F)(F)F)cc1. The Kier molecular flexibility index (Phi) is 6.54. The summed E-state index contributed by atoms with van der Waals surface area (Å²) >= 11 is 0. The molecular formula is C20H16BF5N2O4. The summed E-state index contributed by atoms with van der Waals surface area (Å²) in [6.07, 6.45) is -5.86. The lowest BCUT2D eigenvalue weighted by atomic mass is 9.77. The number of carbonyl (C=O) groups excluding carboxylic acids is 1. The maximum atomic E-state index is 14.5. The Bertz CT molecular complexity index is 1130. The van der Waals surface area contributed by atoms with Gasteiger partial charge in [-0.2, -0.15) is 13.2 Å². The lowest BCUT2D eigenvalue weighted by Crippen LogP contribution is -2.18. The van der Waals surface area contributed by atoms with Gasteiger partial charge in [-0.05, 0) is 24.3 Å². The number of oxazole rings is 1. The Morgan fingerprint density at radius 2 is 1.88 bits per heavy atom. The van der Waals surface area contributed by atoms with Gasteiger partial charge in [-0.1, -0.05) is 19.0 Å². The van der Waals surface area contributed by atoms with Gasteiger partial charge in [0.05, 0.1) is 17.8 Å². The van der Waals surface area contributed by atoms with Crippen LogP contribution in [-0.2, 0) is 6.18 Å². The second-order valence-electron chi connectivity index (χ2n) is 6.64. The number of alkyl halides is 3. The minimum absolute atomic E-state index is 0.191. The van der Waals surface area contributed by atoms with E-state index < -0.39 is 53.3 Å². The van der Waals surface area contributed by atoms with Crippen molar-refractivity contribution >= 4 is 18.8 Å². The van der Waals surface area contributed by atoms with Crippen LogP contribution in [0.1, 0.15) is 27.9 Å². The fourth-order valence-corrected chi connectivity index (χ4v) is 2.96. The van der Waals surface area contributed by atoms with Gasteiger partial charge < -0.3 is 20.0 Å². The molecule has 2 aromatic carbocycles. The highest BCUT2D eigenvalue weighted by Gasteiger charge is 2.31. The molecule has 0 saturated heterocycles. The predicted molar refractivity (Wildman–Crippen MR) is 105 cm³/mol. The largest absolute Gasteiger partial charge is 0.475 e. The molecule has 32 heavy (non-hydrogen) atoms. The van der Waals surface area contributed by atoms with Gasteiger partial charge in [-0.25, -0.2) is 13.8 Å². The number of aromatic nitrogens is 1. The van der Waals surface area contributed by atoms with Crippen molar-refractivity contribution in [2.75, 3.05) is 6.61 Å². The molecule has 0 radical (unpaired) electrons. The van der Waals surface area contributed by atoms with E-state index in [4.69, 9.17) is 14.9 Å². The number of aliphatic hydroxyl groups is 1. The van der Waals surface area contributed by atoms with E-state index in [0.717, 1.165) is 24.3 Å². The van der Waals surface area contributed by atoms with Gasteiger partial charge in [-0.3, -0.25) is 4.79 Å². The van der Waals surface area contributed by atoms with E-state index in [1.165, 1.54) is 12.1 Å². The van der Waals surface area contributed by atoms with Crippen LogP contribution in [0.3, 0.4) is 0 Å². The molecule has 168 valence electrons. The van der Waals surface area contributed by atoms with Crippen LogP contribution in [-0.4, -0.2) is 29.9 Å². The van der Waals surface area contributed by atoms with Crippen molar-refractivity contribution < 1.29 is 41.0 Å². The number of nitrogens with zero attached hydrogens (tertiary/aromatic N) is 1. The highest BCUT2D eigenvalue weighted by molar-refractivity contribution is 6.52. The summed E-state index contributed by atoms with van der Waals surface area (Å²) in [6, 6.07) is 5.90. The van der Waals surface area contributed by atoms with Gasteiger partial charge in [0.1, 0.15) is 17.1 Å². The summed E-state index contributed by atoms with van der Waals surface area (Å²) in [5.74, 6) is -4.66. The third-order valence-electron chi connectivity index (χ3n) is 4.53.